The molecule has 30 heavy (non-hydrogen) atoms. The fourth-order valence-electron chi connectivity index (χ4n) is 3.85. The van der Waals surface area contributed by atoms with Gasteiger partial charge in [0.1, 0.15) is 11.5 Å². The van der Waals surface area contributed by atoms with Crippen molar-refractivity contribution in [2.45, 2.75) is 33.2 Å². The molecule has 1 aliphatic rings. The van der Waals surface area contributed by atoms with Gasteiger partial charge < -0.3 is 19.7 Å². The predicted molar refractivity (Wildman–Crippen MR) is 116 cm³/mol. The Balaban J connectivity index is 1.69. The van der Waals surface area contributed by atoms with E-state index in [0.717, 1.165) is 18.4 Å². The van der Waals surface area contributed by atoms with Gasteiger partial charge in [0.15, 0.2) is 0 Å². The molecule has 1 aliphatic heterocycles. The van der Waals surface area contributed by atoms with Crippen molar-refractivity contribution in [1.82, 2.24) is 10.2 Å². The lowest BCUT2D eigenvalue weighted by atomic mass is 9.80. The van der Waals surface area contributed by atoms with Gasteiger partial charge in [0, 0.05) is 25.7 Å². The molecule has 6 nitrogen and oxygen atoms in total. The molecule has 1 saturated heterocycles. The number of hydrogen-bond acceptors (Lipinski definition) is 4. The second-order valence-corrected chi connectivity index (χ2v) is 8.13. The van der Waals surface area contributed by atoms with Gasteiger partial charge in [-0.3, -0.25) is 9.59 Å². The van der Waals surface area contributed by atoms with Crippen LogP contribution in [0.4, 0.5) is 0 Å². The lowest BCUT2D eigenvalue weighted by molar-refractivity contribution is -0.132. The highest BCUT2D eigenvalue weighted by Gasteiger charge is 2.39. The van der Waals surface area contributed by atoms with E-state index in [-0.39, 0.29) is 11.8 Å². The molecule has 0 saturated carbocycles. The molecule has 2 amide bonds. The van der Waals surface area contributed by atoms with Gasteiger partial charge in [-0.2, -0.15) is 0 Å². The fraction of sp³-hybridized carbons (Fsp3) is 0.417. The number of nitrogens with zero attached hydrogens (tertiary/aromatic N) is 1. The van der Waals surface area contributed by atoms with Crippen LogP contribution in [0.15, 0.2) is 42.5 Å². The van der Waals surface area contributed by atoms with Gasteiger partial charge in [0.25, 0.3) is 5.91 Å². The molecular formula is C24H30N2O4. The zero-order chi connectivity index (χ0) is 21.7. The molecule has 1 heterocycles. The molecule has 3 rings (SSSR count). The Morgan fingerprint density at radius 3 is 2.50 bits per heavy atom. The maximum absolute atomic E-state index is 13.2. The zero-order valence-corrected chi connectivity index (χ0v) is 18.2. The Morgan fingerprint density at radius 1 is 1.10 bits per heavy atom. The predicted octanol–water partition coefficient (Wildman–Crippen LogP) is 3.57. The molecule has 6 heteroatoms. The molecule has 2 aromatic rings. The second-order valence-electron chi connectivity index (χ2n) is 8.13. The maximum Gasteiger partial charge on any atom is 0.257 e. The molecule has 0 bridgehead atoms. The van der Waals surface area contributed by atoms with Crippen molar-refractivity contribution in [2.75, 3.05) is 27.3 Å². The van der Waals surface area contributed by atoms with E-state index >= 15 is 0 Å². The third-order valence-electron chi connectivity index (χ3n) is 5.74. The molecule has 160 valence electrons. The number of likely N-dealkylation sites (tertiary alicyclic amines) is 1. The van der Waals surface area contributed by atoms with Gasteiger partial charge in [-0.05, 0) is 44.4 Å². The Morgan fingerprint density at radius 2 is 1.83 bits per heavy atom. The van der Waals surface area contributed by atoms with Gasteiger partial charge in [-0.1, -0.05) is 29.8 Å². The Labute approximate surface area is 178 Å². The zero-order valence-electron chi connectivity index (χ0n) is 18.2. The van der Waals surface area contributed by atoms with E-state index in [1.807, 2.05) is 38.1 Å². The van der Waals surface area contributed by atoms with Crippen molar-refractivity contribution in [3.63, 3.8) is 0 Å². The number of carbonyl (C=O) groups excluding carboxylic acids is 2. The standard InChI is InChI=1S/C24H30N2O4/c1-17-6-8-18(9-7-17)15-25-23(28)24(2)12-5-13-26(16-24)22(27)20-11-10-19(29-3)14-21(20)30-4/h6-11,14H,5,12-13,15-16H2,1-4H3,(H,25,28)/t24-/m0/s1. The minimum absolute atomic E-state index is 0.0257. The van der Waals surface area contributed by atoms with Gasteiger partial charge >= 0.3 is 0 Å². The molecular weight excluding hydrogens is 380 g/mol. The van der Waals surface area contributed by atoms with Crippen LogP contribution in [0.1, 0.15) is 41.3 Å². The van der Waals surface area contributed by atoms with E-state index < -0.39 is 5.41 Å². The van der Waals surface area contributed by atoms with E-state index in [1.54, 1.807) is 30.2 Å². The number of carbonyl (C=O) groups is 2. The summed E-state index contributed by atoms with van der Waals surface area (Å²) in [5.74, 6) is 0.937. The van der Waals surface area contributed by atoms with Gasteiger partial charge in [-0.15, -0.1) is 0 Å². The highest BCUT2D eigenvalue weighted by atomic mass is 16.5. The molecule has 0 aromatic heterocycles. The molecule has 0 spiro atoms. The van der Waals surface area contributed by atoms with Gasteiger partial charge in [0.05, 0.1) is 25.2 Å². The van der Waals surface area contributed by atoms with Gasteiger partial charge in [-0.25, -0.2) is 0 Å². The average molecular weight is 411 g/mol. The summed E-state index contributed by atoms with van der Waals surface area (Å²) in [6.07, 6.45) is 1.52. The highest BCUT2D eigenvalue weighted by Crippen LogP contribution is 2.32. The lowest BCUT2D eigenvalue weighted by Gasteiger charge is -2.39. The van der Waals surface area contributed by atoms with Crippen molar-refractivity contribution in [2.24, 2.45) is 5.41 Å². The first-order valence-electron chi connectivity index (χ1n) is 10.2. The normalized spacial score (nSPS) is 18.6. The second kappa shape index (κ2) is 9.20. The van der Waals surface area contributed by atoms with Crippen LogP contribution in [-0.4, -0.2) is 44.0 Å². The number of aryl methyl sites for hydroxylation is 1. The first kappa shape index (κ1) is 21.7. The minimum atomic E-state index is -0.627. The molecule has 2 aromatic carbocycles. The van der Waals surface area contributed by atoms with E-state index in [1.165, 1.54) is 12.7 Å². The molecule has 1 fully saturated rings. The minimum Gasteiger partial charge on any atom is -0.497 e. The van der Waals surface area contributed by atoms with E-state index in [0.29, 0.717) is 36.7 Å². The SMILES string of the molecule is COc1ccc(C(=O)N2CCC[C@](C)(C(=O)NCc3ccc(C)cc3)C2)c(OC)c1. The number of amides is 2. The smallest absolute Gasteiger partial charge is 0.257 e. The largest absolute Gasteiger partial charge is 0.497 e. The molecule has 0 unspecified atom stereocenters. The molecule has 1 atom stereocenters. The molecule has 0 aliphatic carbocycles. The summed E-state index contributed by atoms with van der Waals surface area (Å²) in [4.78, 5) is 27.9. The number of ether oxygens (including phenoxy) is 2. The van der Waals surface area contributed by atoms with Crippen LogP contribution in [0.25, 0.3) is 0 Å². The number of nitrogens with one attached hydrogen (secondary N) is 1. The number of rotatable bonds is 6. The van der Waals surface area contributed by atoms with E-state index in [2.05, 4.69) is 5.32 Å². The van der Waals surface area contributed by atoms with Crippen molar-refractivity contribution in [3.8, 4) is 11.5 Å². The summed E-state index contributed by atoms with van der Waals surface area (Å²) >= 11 is 0. The first-order chi connectivity index (χ1) is 14.4. The van der Waals surface area contributed by atoms with Crippen LogP contribution in [0.3, 0.4) is 0 Å². The number of hydrogen-bond donors (Lipinski definition) is 1. The van der Waals surface area contributed by atoms with Gasteiger partial charge in [0.2, 0.25) is 5.91 Å². The Kier molecular flexibility index (Phi) is 6.65. The fourth-order valence-corrected chi connectivity index (χ4v) is 3.85. The number of benzene rings is 2. The average Bonchev–Trinajstić information content (AvgIpc) is 2.77. The monoisotopic (exact) mass is 410 g/mol. The molecule has 0 radical (unpaired) electrons. The van der Waals surface area contributed by atoms with Crippen molar-refractivity contribution in [3.05, 3.63) is 59.2 Å². The Hall–Kier alpha value is -3.02. The van der Waals surface area contributed by atoms with Crippen molar-refractivity contribution >= 4 is 11.8 Å². The van der Waals surface area contributed by atoms with Crippen molar-refractivity contribution in [1.29, 1.82) is 0 Å². The summed E-state index contributed by atoms with van der Waals surface area (Å²) in [6.45, 7) is 5.45. The summed E-state index contributed by atoms with van der Waals surface area (Å²) in [6, 6.07) is 13.3. The van der Waals surface area contributed by atoms with Crippen LogP contribution in [0.5, 0.6) is 11.5 Å². The van der Waals surface area contributed by atoms with Crippen LogP contribution >= 0.6 is 0 Å². The van der Waals surface area contributed by atoms with Crippen LogP contribution in [0.2, 0.25) is 0 Å². The van der Waals surface area contributed by atoms with E-state index in [4.69, 9.17) is 9.47 Å². The van der Waals surface area contributed by atoms with E-state index in [9.17, 15) is 9.59 Å². The molecule has 1 N–H and O–H groups in total. The van der Waals surface area contributed by atoms with Crippen molar-refractivity contribution < 1.29 is 19.1 Å². The third-order valence-corrected chi connectivity index (χ3v) is 5.74. The summed E-state index contributed by atoms with van der Waals surface area (Å²) in [5.41, 5.74) is 2.09. The van der Waals surface area contributed by atoms with Crippen LogP contribution in [0, 0.1) is 12.3 Å². The third kappa shape index (κ3) is 4.75. The topological polar surface area (TPSA) is 67.9 Å². The summed E-state index contributed by atoms with van der Waals surface area (Å²) in [5, 5.41) is 3.05. The quantitative estimate of drug-likeness (QED) is 0.791. The number of piperidine rings is 1. The van der Waals surface area contributed by atoms with Crippen LogP contribution in [-0.2, 0) is 11.3 Å². The number of methoxy groups -OCH3 is 2. The maximum atomic E-state index is 13.2. The highest BCUT2D eigenvalue weighted by molar-refractivity contribution is 5.97. The summed E-state index contributed by atoms with van der Waals surface area (Å²) in [7, 11) is 3.10. The lowest BCUT2D eigenvalue weighted by Crippen LogP contribution is -2.51. The first-order valence-corrected chi connectivity index (χ1v) is 10.2. The summed E-state index contributed by atoms with van der Waals surface area (Å²) < 4.78 is 10.6. The Bertz CT molecular complexity index is 910. The van der Waals surface area contributed by atoms with Crippen LogP contribution < -0.4 is 14.8 Å².